The Balaban J connectivity index is 0.00000144. The van der Waals surface area contributed by atoms with E-state index in [0.717, 1.165) is 32.5 Å². The Morgan fingerprint density at radius 1 is 1.21 bits per heavy atom. The summed E-state index contributed by atoms with van der Waals surface area (Å²) in [6.07, 6.45) is 2.13. The highest BCUT2D eigenvalue weighted by Crippen LogP contribution is 2.15. The average molecular weight is 376 g/mol. The molecule has 0 aliphatic carbocycles. The molecule has 2 fully saturated rings. The molecule has 7 heteroatoms. The first-order valence-corrected chi connectivity index (χ1v) is 8.19. The van der Waals surface area contributed by atoms with Gasteiger partial charge >= 0.3 is 0 Å². The summed E-state index contributed by atoms with van der Waals surface area (Å²) in [6, 6.07) is 10.5. The molecule has 0 aromatic heterocycles. The van der Waals surface area contributed by atoms with Crippen molar-refractivity contribution in [1.82, 2.24) is 15.5 Å². The van der Waals surface area contributed by atoms with Gasteiger partial charge in [0.15, 0.2) is 0 Å². The standard InChI is InChI=1S/C17H25N3O2.2ClH/c21-15-10-16(18-11-15)17(22)19-14-6-8-20(9-7-14)12-13-4-2-1-3-5-13;;/h1-5,14-16,18,21H,6-12H2,(H,19,22);2*1H. The van der Waals surface area contributed by atoms with E-state index in [1.54, 1.807) is 0 Å². The average Bonchev–Trinajstić information content (AvgIpc) is 2.97. The summed E-state index contributed by atoms with van der Waals surface area (Å²) in [5.41, 5.74) is 1.34. The van der Waals surface area contributed by atoms with Crippen molar-refractivity contribution in [1.29, 1.82) is 0 Å². The predicted octanol–water partition coefficient (Wildman–Crippen LogP) is 1.33. The highest BCUT2D eigenvalue weighted by molar-refractivity contribution is 5.85. The lowest BCUT2D eigenvalue weighted by Gasteiger charge is -2.32. The van der Waals surface area contributed by atoms with Gasteiger partial charge in [0, 0.05) is 32.2 Å². The van der Waals surface area contributed by atoms with Crippen LogP contribution in [0.5, 0.6) is 0 Å². The van der Waals surface area contributed by atoms with E-state index in [1.165, 1.54) is 5.56 Å². The third-order valence-electron chi connectivity index (χ3n) is 4.61. The number of benzene rings is 1. The molecule has 0 spiro atoms. The topological polar surface area (TPSA) is 64.6 Å². The van der Waals surface area contributed by atoms with E-state index in [9.17, 15) is 9.90 Å². The number of rotatable bonds is 4. The van der Waals surface area contributed by atoms with Crippen LogP contribution in [0.15, 0.2) is 30.3 Å². The lowest BCUT2D eigenvalue weighted by Crippen LogP contribution is -2.49. The van der Waals surface area contributed by atoms with Crippen LogP contribution in [0, 0.1) is 0 Å². The van der Waals surface area contributed by atoms with Crippen LogP contribution in [0.25, 0.3) is 0 Å². The molecule has 24 heavy (non-hydrogen) atoms. The number of likely N-dealkylation sites (tertiary alicyclic amines) is 1. The number of halogens is 2. The maximum atomic E-state index is 12.1. The number of β-amino-alcohol motifs (C(OH)–C–C–N with tert-alkyl or cyclic N) is 1. The maximum absolute atomic E-state index is 12.1. The summed E-state index contributed by atoms with van der Waals surface area (Å²) in [6.45, 7) is 3.53. The highest BCUT2D eigenvalue weighted by atomic mass is 35.5. The largest absolute Gasteiger partial charge is 0.392 e. The monoisotopic (exact) mass is 375 g/mol. The van der Waals surface area contributed by atoms with Crippen molar-refractivity contribution in [3.05, 3.63) is 35.9 Å². The normalized spacial score (nSPS) is 24.7. The Hall–Kier alpha value is -0.850. The molecule has 5 nitrogen and oxygen atoms in total. The summed E-state index contributed by atoms with van der Waals surface area (Å²) < 4.78 is 0. The summed E-state index contributed by atoms with van der Waals surface area (Å²) in [5, 5.41) is 15.7. The van der Waals surface area contributed by atoms with Crippen LogP contribution in [0.3, 0.4) is 0 Å². The molecule has 2 atom stereocenters. The second kappa shape index (κ2) is 10.2. The lowest BCUT2D eigenvalue weighted by molar-refractivity contribution is -0.124. The molecular formula is C17H27Cl2N3O2. The van der Waals surface area contributed by atoms with Gasteiger partial charge in [-0.1, -0.05) is 30.3 Å². The number of carbonyl (C=O) groups excluding carboxylic acids is 1. The third-order valence-corrected chi connectivity index (χ3v) is 4.61. The number of hydrogen-bond donors (Lipinski definition) is 3. The molecule has 0 saturated carbocycles. The Morgan fingerprint density at radius 3 is 2.46 bits per heavy atom. The fraction of sp³-hybridized carbons (Fsp3) is 0.588. The van der Waals surface area contributed by atoms with Gasteiger partial charge in [-0.2, -0.15) is 0 Å². The smallest absolute Gasteiger partial charge is 0.237 e. The van der Waals surface area contributed by atoms with Crippen molar-refractivity contribution in [2.45, 2.75) is 44.0 Å². The number of nitrogens with one attached hydrogen (secondary N) is 2. The van der Waals surface area contributed by atoms with Crippen molar-refractivity contribution in [2.75, 3.05) is 19.6 Å². The van der Waals surface area contributed by atoms with Crippen LogP contribution in [0.1, 0.15) is 24.8 Å². The number of piperidine rings is 1. The number of aliphatic hydroxyl groups excluding tert-OH is 1. The molecule has 0 bridgehead atoms. The van der Waals surface area contributed by atoms with E-state index in [4.69, 9.17) is 0 Å². The Bertz CT molecular complexity index is 496. The summed E-state index contributed by atoms with van der Waals surface area (Å²) in [5.74, 6) is 0.0399. The van der Waals surface area contributed by atoms with Crippen LogP contribution in [0.2, 0.25) is 0 Å². The predicted molar refractivity (Wildman–Crippen MR) is 99.8 cm³/mol. The Labute approximate surface area is 156 Å². The van der Waals surface area contributed by atoms with Crippen LogP contribution < -0.4 is 10.6 Å². The third kappa shape index (κ3) is 5.90. The van der Waals surface area contributed by atoms with Crippen molar-refractivity contribution in [3.8, 4) is 0 Å². The number of amides is 1. The van der Waals surface area contributed by atoms with Gasteiger partial charge in [-0.05, 0) is 24.8 Å². The van der Waals surface area contributed by atoms with E-state index in [2.05, 4.69) is 39.8 Å². The number of hydrogen-bond acceptors (Lipinski definition) is 4. The SMILES string of the molecule is Cl.Cl.O=C(NC1CCN(Cc2ccccc2)CC1)C1CC(O)CN1. The van der Waals surface area contributed by atoms with Gasteiger partial charge in [0.05, 0.1) is 12.1 Å². The number of nitrogens with zero attached hydrogens (tertiary/aromatic N) is 1. The van der Waals surface area contributed by atoms with Gasteiger partial charge in [-0.15, -0.1) is 24.8 Å². The van der Waals surface area contributed by atoms with Crippen LogP contribution in [0.4, 0.5) is 0 Å². The molecule has 0 radical (unpaired) electrons. The van der Waals surface area contributed by atoms with Crippen molar-refractivity contribution < 1.29 is 9.90 Å². The van der Waals surface area contributed by atoms with Gasteiger partial charge in [0.1, 0.15) is 0 Å². The van der Waals surface area contributed by atoms with E-state index < -0.39 is 0 Å². The fourth-order valence-electron chi connectivity index (χ4n) is 3.30. The Morgan fingerprint density at radius 2 is 1.88 bits per heavy atom. The molecule has 1 amide bonds. The van der Waals surface area contributed by atoms with Crippen LogP contribution in [-0.2, 0) is 11.3 Å². The van der Waals surface area contributed by atoms with E-state index >= 15 is 0 Å². The summed E-state index contributed by atoms with van der Waals surface area (Å²) in [4.78, 5) is 14.6. The van der Waals surface area contributed by atoms with Gasteiger partial charge in [-0.25, -0.2) is 0 Å². The fourth-order valence-corrected chi connectivity index (χ4v) is 3.30. The van der Waals surface area contributed by atoms with Crippen molar-refractivity contribution >= 4 is 30.7 Å². The minimum atomic E-state index is -0.386. The zero-order valence-electron chi connectivity index (χ0n) is 13.7. The second-order valence-corrected chi connectivity index (χ2v) is 6.39. The molecular weight excluding hydrogens is 349 g/mol. The van der Waals surface area contributed by atoms with E-state index in [-0.39, 0.29) is 48.9 Å². The molecule has 3 rings (SSSR count). The van der Waals surface area contributed by atoms with E-state index in [1.807, 2.05) is 6.07 Å². The highest BCUT2D eigenvalue weighted by Gasteiger charge is 2.30. The number of aliphatic hydroxyl groups is 1. The first-order chi connectivity index (χ1) is 10.7. The first-order valence-electron chi connectivity index (χ1n) is 8.19. The van der Waals surface area contributed by atoms with Crippen molar-refractivity contribution in [3.63, 3.8) is 0 Å². The zero-order valence-corrected chi connectivity index (χ0v) is 15.3. The lowest BCUT2D eigenvalue weighted by atomic mass is 10.0. The maximum Gasteiger partial charge on any atom is 0.237 e. The molecule has 2 aliphatic rings. The van der Waals surface area contributed by atoms with Gasteiger partial charge in [0.2, 0.25) is 5.91 Å². The van der Waals surface area contributed by atoms with Crippen molar-refractivity contribution in [2.24, 2.45) is 0 Å². The quantitative estimate of drug-likeness (QED) is 0.742. The molecule has 2 saturated heterocycles. The molecule has 2 unspecified atom stereocenters. The molecule has 1 aromatic rings. The van der Waals surface area contributed by atoms with E-state index in [0.29, 0.717) is 13.0 Å². The van der Waals surface area contributed by atoms with Crippen LogP contribution >= 0.6 is 24.8 Å². The second-order valence-electron chi connectivity index (χ2n) is 6.39. The molecule has 3 N–H and O–H groups in total. The minimum absolute atomic E-state index is 0. The van der Waals surface area contributed by atoms with Gasteiger partial charge in [0.25, 0.3) is 0 Å². The van der Waals surface area contributed by atoms with Crippen LogP contribution in [-0.4, -0.2) is 53.7 Å². The molecule has 2 heterocycles. The molecule has 136 valence electrons. The zero-order chi connectivity index (χ0) is 15.4. The van der Waals surface area contributed by atoms with Gasteiger partial charge < -0.3 is 15.7 Å². The Kier molecular flexibility index (Phi) is 9.02. The summed E-state index contributed by atoms with van der Waals surface area (Å²) in [7, 11) is 0. The molecule has 2 aliphatic heterocycles. The van der Waals surface area contributed by atoms with Gasteiger partial charge in [-0.3, -0.25) is 9.69 Å². The number of carbonyl (C=O) groups is 1. The minimum Gasteiger partial charge on any atom is -0.392 e. The first kappa shape index (κ1) is 21.2. The molecule has 1 aromatic carbocycles. The summed E-state index contributed by atoms with van der Waals surface area (Å²) >= 11 is 0.